The van der Waals surface area contributed by atoms with E-state index >= 15 is 0 Å². The van der Waals surface area contributed by atoms with Crippen LogP contribution in [0.5, 0.6) is 0 Å². The standard InChI is InChI=1S/C6H10O4/c1-4(7)3-10-5(2)6(8)9/h5H,3H2,1-2H3,(H,8,9)/t5-/m1/s1. The zero-order valence-corrected chi connectivity index (χ0v) is 5.96. The minimum Gasteiger partial charge on any atom is -0.479 e. The largest absolute Gasteiger partial charge is 0.479 e. The molecular formula is C6H10O4. The Labute approximate surface area is 58.8 Å². The lowest BCUT2D eigenvalue weighted by molar-refractivity contribution is -0.150. The highest BCUT2D eigenvalue weighted by Crippen LogP contribution is 1.89. The molecule has 0 fully saturated rings. The van der Waals surface area contributed by atoms with Gasteiger partial charge in [-0.2, -0.15) is 0 Å². The molecular weight excluding hydrogens is 136 g/mol. The summed E-state index contributed by atoms with van der Waals surface area (Å²) in [6.07, 6.45) is -0.899. The Hall–Kier alpha value is -0.900. The Balaban J connectivity index is 3.49. The fourth-order valence-electron chi connectivity index (χ4n) is 0.314. The third-order valence-electron chi connectivity index (χ3n) is 0.884. The zero-order valence-electron chi connectivity index (χ0n) is 5.96. The van der Waals surface area contributed by atoms with Crippen molar-refractivity contribution in [1.29, 1.82) is 0 Å². The summed E-state index contributed by atoms with van der Waals surface area (Å²) in [6.45, 7) is 2.59. The fraction of sp³-hybridized carbons (Fsp3) is 0.667. The van der Waals surface area contributed by atoms with E-state index in [0.717, 1.165) is 0 Å². The molecule has 0 heterocycles. The Bertz CT molecular complexity index is 141. The number of rotatable bonds is 4. The van der Waals surface area contributed by atoms with E-state index in [1.165, 1.54) is 13.8 Å². The van der Waals surface area contributed by atoms with Crippen LogP contribution >= 0.6 is 0 Å². The molecule has 1 N–H and O–H groups in total. The number of carbonyl (C=O) groups excluding carboxylic acids is 1. The summed E-state index contributed by atoms with van der Waals surface area (Å²) in [5.74, 6) is -1.23. The maximum Gasteiger partial charge on any atom is 0.332 e. The van der Waals surface area contributed by atoms with Crippen molar-refractivity contribution in [3.63, 3.8) is 0 Å². The van der Waals surface area contributed by atoms with Crippen molar-refractivity contribution in [2.24, 2.45) is 0 Å². The Kier molecular flexibility index (Phi) is 3.64. The molecule has 4 nitrogen and oxygen atoms in total. The first kappa shape index (κ1) is 9.10. The summed E-state index contributed by atoms with van der Waals surface area (Å²) in [5.41, 5.74) is 0. The molecule has 0 aliphatic rings. The second kappa shape index (κ2) is 4.00. The van der Waals surface area contributed by atoms with Gasteiger partial charge in [-0.15, -0.1) is 0 Å². The average molecular weight is 146 g/mol. The Morgan fingerprint density at radius 1 is 1.60 bits per heavy atom. The molecule has 0 aliphatic carbocycles. The van der Waals surface area contributed by atoms with Crippen LogP contribution in [0.25, 0.3) is 0 Å². The van der Waals surface area contributed by atoms with Crippen LogP contribution in [0.4, 0.5) is 0 Å². The molecule has 0 aromatic carbocycles. The van der Waals surface area contributed by atoms with Crippen LogP contribution in [0.2, 0.25) is 0 Å². The number of Topliss-reactive ketones (excluding diaryl/α,β-unsaturated/α-hetero) is 1. The van der Waals surface area contributed by atoms with Gasteiger partial charge >= 0.3 is 5.97 Å². The van der Waals surface area contributed by atoms with Crippen LogP contribution in [-0.2, 0) is 14.3 Å². The van der Waals surface area contributed by atoms with Gasteiger partial charge in [0.2, 0.25) is 0 Å². The molecule has 0 spiro atoms. The van der Waals surface area contributed by atoms with Crippen molar-refractivity contribution >= 4 is 11.8 Å². The third kappa shape index (κ3) is 4.03. The van der Waals surface area contributed by atoms with Crippen LogP contribution in [0.15, 0.2) is 0 Å². The second-order valence-electron chi connectivity index (χ2n) is 1.99. The lowest BCUT2D eigenvalue weighted by atomic mass is 10.4. The maximum absolute atomic E-state index is 10.3. The molecule has 0 aromatic rings. The quantitative estimate of drug-likeness (QED) is 0.609. The van der Waals surface area contributed by atoms with Crippen molar-refractivity contribution in [2.45, 2.75) is 20.0 Å². The van der Waals surface area contributed by atoms with E-state index in [1.807, 2.05) is 0 Å². The third-order valence-corrected chi connectivity index (χ3v) is 0.884. The van der Waals surface area contributed by atoms with Gasteiger partial charge in [0.25, 0.3) is 0 Å². The first-order valence-corrected chi connectivity index (χ1v) is 2.88. The zero-order chi connectivity index (χ0) is 8.15. The number of ether oxygens (including phenoxy) is 1. The molecule has 0 aromatic heterocycles. The van der Waals surface area contributed by atoms with Crippen molar-refractivity contribution in [2.75, 3.05) is 6.61 Å². The summed E-state index contributed by atoms with van der Waals surface area (Å²) >= 11 is 0. The van der Waals surface area contributed by atoms with Crippen molar-refractivity contribution < 1.29 is 19.4 Å². The van der Waals surface area contributed by atoms with Crippen molar-refractivity contribution in [3.05, 3.63) is 0 Å². The number of carboxylic acid groups (broad SMARTS) is 1. The SMILES string of the molecule is CC(=O)CO[C@H](C)C(=O)O. The van der Waals surface area contributed by atoms with Gasteiger partial charge in [0.1, 0.15) is 6.61 Å². The molecule has 0 saturated heterocycles. The molecule has 1 atom stereocenters. The number of hydrogen-bond donors (Lipinski definition) is 1. The van der Waals surface area contributed by atoms with Gasteiger partial charge < -0.3 is 9.84 Å². The Morgan fingerprint density at radius 2 is 2.10 bits per heavy atom. The van der Waals surface area contributed by atoms with Gasteiger partial charge in [-0.1, -0.05) is 0 Å². The molecule has 0 amide bonds. The van der Waals surface area contributed by atoms with Gasteiger partial charge in [0.15, 0.2) is 11.9 Å². The van der Waals surface area contributed by atoms with Crippen LogP contribution < -0.4 is 0 Å². The van der Waals surface area contributed by atoms with Crippen molar-refractivity contribution in [3.8, 4) is 0 Å². The summed E-state index contributed by atoms with van der Waals surface area (Å²) in [4.78, 5) is 20.3. The lowest BCUT2D eigenvalue weighted by Gasteiger charge is -2.04. The van der Waals surface area contributed by atoms with Crippen LogP contribution in [0.1, 0.15) is 13.8 Å². The van der Waals surface area contributed by atoms with Crippen LogP contribution in [0, 0.1) is 0 Å². The van der Waals surface area contributed by atoms with E-state index in [-0.39, 0.29) is 12.4 Å². The highest BCUT2D eigenvalue weighted by Gasteiger charge is 2.10. The monoisotopic (exact) mass is 146 g/mol. The average Bonchev–Trinajstić information content (AvgIpc) is 1.82. The van der Waals surface area contributed by atoms with Gasteiger partial charge in [-0.25, -0.2) is 4.79 Å². The van der Waals surface area contributed by atoms with E-state index in [1.54, 1.807) is 0 Å². The second-order valence-corrected chi connectivity index (χ2v) is 1.99. The molecule has 0 unspecified atom stereocenters. The predicted molar refractivity (Wildman–Crippen MR) is 33.7 cm³/mol. The first-order valence-electron chi connectivity index (χ1n) is 2.88. The number of ketones is 1. The lowest BCUT2D eigenvalue weighted by Crippen LogP contribution is -2.22. The topological polar surface area (TPSA) is 63.6 Å². The number of aliphatic carboxylic acids is 1. The summed E-state index contributed by atoms with van der Waals surface area (Å²) in [7, 11) is 0. The number of carboxylic acids is 1. The minimum atomic E-state index is -1.05. The molecule has 58 valence electrons. The molecule has 0 saturated carbocycles. The molecule has 0 radical (unpaired) electrons. The highest BCUT2D eigenvalue weighted by molar-refractivity contribution is 5.77. The molecule has 0 bridgehead atoms. The summed E-state index contributed by atoms with van der Waals surface area (Å²) < 4.78 is 4.62. The van der Waals surface area contributed by atoms with Gasteiger partial charge in [-0.05, 0) is 13.8 Å². The highest BCUT2D eigenvalue weighted by atomic mass is 16.5. The van der Waals surface area contributed by atoms with E-state index in [0.29, 0.717) is 0 Å². The summed E-state index contributed by atoms with van der Waals surface area (Å²) in [5, 5.41) is 8.26. The van der Waals surface area contributed by atoms with Crippen molar-refractivity contribution in [1.82, 2.24) is 0 Å². The maximum atomic E-state index is 10.3. The number of hydrogen-bond acceptors (Lipinski definition) is 3. The van der Waals surface area contributed by atoms with Gasteiger partial charge in [0, 0.05) is 0 Å². The normalized spacial score (nSPS) is 12.6. The van der Waals surface area contributed by atoms with Gasteiger partial charge in [0.05, 0.1) is 0 Å². The summed E-state index contributed by atoms with van der Waals surface area (Å²) in [6, 6.07) is 0. The predicted octanol–water partition coefficient (Wildman–Crippen LogP) is 0.0651. The van der Waals surface area contributed by atoms with Crippen LogP contribution in [-0.4, -0.2) is 29.6 Å². The first-order chi connectivity index (χ1) is 4.54. The fourth-order valence-corrected chi connectivity index (χ4v) is 0.314. The van der Waals surface area contributed by atoms with Gasteiger partial charge in [-0.3, -0.25) is 4.79 Å². The molecule has 4 heteroatoms. The van der Waals surface area contributed by atoms with E-state index in [2.05, 4.69) is 4.74 Å². The van der Waals surface area contributed by atoms with Crippen LogP contribution in [0.3, 0.4) is 0 Å². The number of carbonyl (C=O) groups is 2. The molecule has 0 aliphatic heterocycles. The van der Waals surface area contributed by atoms with E-state index in [9.17, 15) is 9.59 Å². The molecule has 0 rings (SSSR count). The minimum absolute atomic E-state index is 0.131. The Morgan fingerprint density at radius 3 is 2.40 bits per heavy atom. The smallest absolute Gasteiger partial charge is 0.332 e. The molecule has 10 heavy (non-hydrogen) atoms. The van der Waals surface area contributed by atoms with E-state index < -0.39 is 12.1 Å². The van der Waals surface area contributed by atoms with E-state index in [4.69, 9.17) is 5.11 Å².